The average Bonchev–Trinajstić information content (AvgIpc) is 2.69. The van der Waals surface area contributed by atoms with E-state index in [1.807, 2.05) is 6.92 Å². The van der Waals surface area contributed by atoms with E-state index in [9.17, 15) is 9.59 Å². The Morgan fingerprint density at radius 1 is 1.21 bits per heavy atom. The third-order valence-corrected chi connectivity index (χ3v) is 5.49. The number of aryl methyl sites for hydroxylation is 1. The van der Waals surface area contributed by atoms with Crippen molar-refractivity contribution in [1.82, 2.24) is 9.97 Å². The number of methoxy groups -OCH3 is 1. The molecule has 0 atom stereocenters. The highest BCUT2D eigenvalue weighted by atomic mass is 35.5. The highest BCUT2D eigenvalue weighted by Gasteiger charge is 2.12. The van der Waals surface area contributed by atoms with Crippen molar-refractivity contribution >= 4 is 46.6 Å². The summed E-state index contributed by atoms with van der Waals surface area (Å²) in [4.78, 5) is 31.4. The van der Waals surface area contributed by atoms with Gasteiger partial charge in [0.1, 0.15) is 5.75 Å². The molecule has 0 aliphatic heterocycles. The second kappa shape index (κ2) is 9.35. The van der Waals surface area contributed by atoms with Crippen molar-refractivity contribution in [2.24, 2.45) is 0 Å². The predicted molar refractivity (Wildman–Crippen MR) is 117 cm³/mol. The van der Waals surface area contributed by atoms with Crippen molar-refractivity contribution < 1.29 is 9.53 Å². The van der Waals surface area contributed by atoms with E-state index in [-0.39, 0.29) is 17.2 Å². The molecule has 6 nitrogen and oxygen atoms in total. The number of aromatic amines is 1. The van der Waals surface area contributed by atoms with Crippen LogP contribution in [0.4, 0.5) is 5.69 Å². The molecule has 0 unspecified atom stereocenters. The van der Waals surface area contributed by atoms with Gasteiger partial charge in [-0.1, -0.05) is 47.1 Å². The Bertz CT molecular complexity index is 1100. The quantitative estimate of drug-likeness (QED) is 0.417. The zero-order chi connectivity index (χ0) is 21.0. The summed E-state index contributed by atoms with van der Waals surface area (Å²) in [7, 11) is 1.50. The number of carbonyl (C=O) groups excluding carboxylic acids is 1. The Kier molecular flexibility index (Phi) is 6.84. The van der Waals surface area contributed by atoms with Crippen molar-refractivity contribution in [3.63, 3.8) is 0 Å². The van der Waals surface area contributed by atoms with Gasteiger partial charge in [0.25, 0.3) is 5.56 Å². The SMILES string of the molecule is COc1cc(Cl)c(C)cc1NC(=O)CSc1nc(-c2ccc(Cl)cc2)cc(=O)[nH]1. The lowest BCUT2D eigenvalue weighted by molar-refractivity contribution is -0.113. The minimum Gasteiger partial charge on any atom is -0.495 e. The number of carbonyl (C=O) groups is 1. The number of nitrogens with zero attached hydrogens (tertiary/aromatic N) is 1. The molecule has 29 heavy (non-hydrogen) atoms. The molecule has 0 aliphatic rings. The first-order valence-electron chi connectivity index (χ1n) is 8.50. The van der Waals surface area contributed by atoms with Gasteiger partial charge in [-0.2, -0.15) is 0 Å². The molecule has 3 rings (SSSR count). The molecule has 1 heterocycles. The van der Waals surface area contributed by atoms with Crippen molar-refractivity contribution in [1.29, 1.82) is 0 Å². The van der Waals surface area contributed by atoms with E-state index in [0.717, 1.165) is 22.9 Å². The maximum atomic E-state index is 12.4. The highest BCUT2D eigenvalue weighted by Crippen LogP contribution is 2.31. The van der Waals surface area contributed by atoms with Crippen LogP contribution in [0, 0.1) is 6.92 Å². The van der Waals surface area contributed by atoms with Gasteiger partial charge < -0.3 is 15.0 Å². The number of aromatic nitrogens is 2. The summed E-state index contributed by atoms with van der Waals surface area (Å²) < 4.78 is 5.26. The average molecular weight is 450 g/mol. The van der Waals surface area contributed by atoms with E-state index in [1.165, 1.54) is 13.2 Å². The lowest BCUT2D eigenvalue weighted by atomic mass is 10.1. The van der Waals surface area contributed by atoms with Crippen LogP contribution in [0.15, 0.2) is 52.4 Å². The normalized spacial score (nSPS) is 10.6. The number of benzene rings is 2. The molecule has 0 aliphatic carbocycles. The molecule has 3 aromatic rings. The Morgan fingerprint density at radius 2 is 1.93 bits per heavy atom. The number of hydrogen-bond acceptors (Lipinski definition) is 5. The molecule has 150 valence electrons. The van der Waals surface area contributed by atoms with Crippen LogP contribution in [0.2, 0.25) is 10.0 Å². The monoisotopic (exact) mass is 449 g/mol. The van der Waals surface area contributed by atoms with Gasteiger partial charge in [0.05, 0.1) is 24.2 Å². The van der Waals surface area contributed by atoms with E-state index in [2.05, 4.69) is 15.3 Å². The number of hydrogen-bond donors (Lipinski definition) is 2. The largest absolute Gasteiger partial charge is 0.495 e. The molecule has 0 saturated heterocycles. The number of thioether (sulfide) groups is 1. The zero-order valence-corrected chi connectivity index (χ0v) is 17.9. The Morgan fingerprint density at radius 3 is 2.62 bits per heavy atom. The maximum absolute atomic E-state index is 12.4. The number of rotatable bonds is 6. The summed E-state index contributed by atoms with van der Waals surface area (Å²) >= 11 is 13.1. The number of anilines is 1. The zero-order valence-electron chi connectivity index (χ0n) is 15.6. The van der Waals surface area contributed by atoms with Gasteiger partial charge in [0.15, 0.2) is 5.16 Å². The Hall–Kier alpha value is -2.48. The molecule has 2 aromatic carbocycles. The number of nitrogens with one attached hydrogen (secondary N) is 2. The second-order valence-corrected chi connectivity index (χ2v) is 7.89. The molecule has 1 aromatic heterocycles. The van der Waals surface area contributed by atoms with E-state index < -0.39 is 0 Å². The molecule has 9 heteroatoms. The van der Waals surface area contributed by atoms with E-state index >= 15 is 0 Å². The van der Waals surface area contributed by atoms with Crippen LogP contribution >= 0.6 is 35.0 Å². The van der Waals surface area contributed by atoms with Crippen LogP contribution in [0.5, 0.6) is 5.75 Å². The predicted octanol–water partition coefficient (Wildman–Crippen LogP) is 4.79. The Labute approximate surface area is 181 Å². The molecule has 0 saturated carbocycles. The summed E-state index contributed by atoms with van der Waals surface area (Å²) in [5.41, 5.74) is 2.30. The number of H-pyrrole nitrogens is 1. The molecule has 0 fully saturated rings. The molecule has 0 spiro atoms. The summed E-state index contributed by atoms with van der Waals surface area (Å²) in [5, 5.41) is 4.28. The van der Waals surface area contributed by atoms with Gasteiger partial charge in [0.2, 0.25) is 5.91 Å². The molecule has 0 bridgehead atoms. The summed E-state index contributed by atoms with van der Waals surface area (Å²) in [5.74, 6) is 0.252. The van der Waals surface area contributed by atoms with E-state index in [0.29, 0.717) is 32.3 Å². The summed E-state index contributed by atoms with van der Waals surface area (Å²) in [6.07, 6.45) is 0. The van der Waals surface area contributed by atoms with E-state index in [4.69, 9.17) is 27.9 Å². The molecule has 0 radical (unpaired) electrons. The van der Waals surface area contributed by atoms with E-state index in [1.54, 1.807) is 36.4 Å². The standard InChI is InChI=1S/C20H17Cl2N3O3S/c1-11-7-16(17(28-2)8-14(11)22)23-19(27)10-29-20-24-15(9-18(26)25-20)12-3-5-13(21)6-4-12/h3-9H,10H2,1-2H3,(H,23,27)(H,24,25,26). The first-order chi connectivity index (χ1) is 13.9. The van der Waals surface area contributed by atoms with Crippen molar-refractivity contribution in [3.8, 4) is 17.0 Å². The van der Waals surface area contributed by atoms with Gasteiger partial charge in [0, 0.05) is 27.7 Å². The lowest BCUT2D eigenvalue weighted by Crippen LogP contribution is -2.16. The van der Waals surface area contributed by atoms with Gasteiger partial charge >= 0.3 is 0 Å². The number of halogens is 2. The minimum absolute atomic E-state index is 0.0534. The van der Waals surface area contributed by atoms with Crippen LogP contribution in [0.25, 0.3) is 11.3 Å². The van der Waals surface area contributed by atoms with Gasteiger partial charge in [-0.15, -0.1) is 0 Å². The molecular formula is C20H17Cl2N3O3S. The van der Waals surface area contributed by atoms with Crippen molar-refractivity contribution in [3.05, 3.63) is 68.4 Å². The van der Waals surface area contributed by atoms with Crippen molar-refractivity contribution in [2.45, 2.75) is 12.1 Å². The number of ether oxygens (including phenoxy) is 1. The fourth-order valence-electron chi connectivity index (χ4n) is 2.52. The van der Waals surface area contributed by atoms with Gasteiger partial charge in [-0.25, -0.2) is 4.98 Å². The van der Waals surface area contributed by atoms with Crippen LogP contribution < -0.4 is 15.6 Å². The first-order valence-corrected chi connectivity index (χ1v) is 10.2. The van der Waals surface area contributed by atoms with Gasteiger partial charge in [-0.05, 0) is 30.7 Å². The summed E-state index contributed by atoms with van der Waals surface area (Å²) in [6, 6.07) is 11.8. The van der Waals surface area contributed by atoms with Crippen LogP contribution in [-0.4, -0.2) is 28.7 Å². The minimum atomic E-state index is -0.303. The smallest absolute Gasteiger partial charge is 0.252 e. The number of amides is 1. The molecular weight excluding hydrogens is 433 g/mol. The third-order valence-electron chi connectivity index (χ3n) is 3.95. The fourth-order valence-corrected chi connectivity index (χ4v) is 3.48. The van der Waals surface area contributed by atoms with Crippen LogP contribution in [0.3, 0.4) is 0 Å². The fraction of sp³-hybridized carbons (Fsp3) is 0.150. The first kappa shape index (κ1) is 21.2. The highest BCUT2D eigenvalue weighted by molar-refractivity contribution is 7.99. The summed E-state index contributed by atoms with van der Waals surface area (Å²) in [6.45, 7) is 1.84. The van der Waals surface area contributed by atoms with Crippen LogP contribution in [0.1, 0.15) is 5.56 Å². The Balaban J connectivity index is 1.72. The lowest BCUT2D eigenvalue weighted by Gasteiger charge is -2.12. The van der Waals surface area contributed by atoms with Crippen LogP contribution in [-0.2, 0) is 4.79 Å². The van der Waals surface area contributed by atoms with Gasteiger partial charge in [-0.3, -0.25) is 9.59 Å². The topological polar surface area (TPSA) is 84.1 Å². The molecule has 1 amide bonds. The molecule has 2 N–H and O–H groups in total. The van der Waals surface area contributed by atoms with Crippen molar-refractivity contribution in [2.75, 3.05) is 18.2 Å². The third kappa shape index (κ3) is 5.53. The second-order valence-electron chi connectivity index (χ2n) is 6.08. The maximum Gasteiger partial charge on any atom is 0.252 e.